The first kappa shape index (κ1) is 22.2. The lowest BCUT2D eigenvalue weighted by atomic mass is 9.82. The fraction of sp³-hybridized carbons (Fsp3) is 1.00. The highest BCUT2D eigenvalue weighted by Gasteiger charge is 2.18. The van der Waals surface area contributed by atoms with Gasteiger partial charge in [0.1, 0.15) is 0 Å². The second kappa shape index (κ2) is 14.9. The Morgan fingerprint density at radius 1 is 0.692 bits per heavy atom. The number of hydrogen-bond donors (Lipinski definition) is 3. The summed E-state index contributed by atoms with van der Waals surface area (Å²) < 4.78 is 0. The van der Waals surface area contributed by atoms with E-state index in [1.165, 1.54) is 103 Å². The van der Waals surface area contributed by atoms with E-state index in [1.54, 1.807) is 0 Å². The molecule has 0 saturated heterocycles. The van der Waals surface area contributed by atoms with E-state index in [1.807, 2.05) is 0 Å². The standard InChI is InChI=1S/C23H47N3/c24-17-7-18-25-19-8-20-26-23(15-13-21-9-3-1-4-10-21)16-14-22-11-5-2-6-12-22/h21-23,25-26H,1-20,24H2. The summed E-state index contributed by atoms with van der Waals surface area (Å²) in [7, 11) is 0. The molecule has 2 saturated carbocycles. The fourth-order valence-electron chi connectivity index (χ4n) is 5.05. The average molecular weight is 366 g/mol. The maximum Gasteiger partial charge on any atom is 0.00672 e. The minimum Gasteiger partial charge on any atom is -0.330 e. The Balaban J connectivity index is 1.61. The lowest BCUT2D eigenvalue weighted by Gasteiger charge is -2.27. The van der Waals surface area contributed by atoms with Crippen LogP contribution in [0.1, 0.15) is 103 Å². The quantitative estimate of drug-likeness (QED) is 0.380. The summed E-state index contributed by atoms with van der Waals surface area (Å²) in [6, 6.07) is 0.767. The van der Waals surface area contributed by atoms with Gasteiger partial charge in [-0.15, -0.1) is 0 Å². The molecule has 0 aromatic rings. The normalized spacial score (nSPS) is 20.1. The van der Waals surface area contributed by atoms with E-state index in [-0.39, 0.29) is 0 Å². The van der Waals surface area contributed by atoms with Crippen molar-refractivity contribution in [2.24, 2.45) is 17.6 Å². The summed E-state index contributed by atoms with van der Waals surface area (Å²) in [5, 5.41) is 7.43. The van der Waals surface area contributed by atoms with Crippen LogP contribution in [0.15, 0.2) is 0 Å². The van der Waals surface area contributed by atoms with E-state index in [0.717, 1.165) is 43.9 Å². The molecule has 0 atom stereocenters. The zero-order valence-electron chi connectivity index (χ0n) is 17.5. The fourth-order valence-corrected chi connectivity index (χ4v) is 5.05. The third-order valence-corrected chi connectivity index (χ3v) is 6.82. The van der Waals surface area contributed by atoms with Gasteiger partial charge in [0.05, 0.1) is 0 Å². The van der Waals surface area contributed by atoms with Crippen molar-refractivity contribution in [3.05, 3.63) is 0 Å². The van der Waals surface area contributed by atoms with Gasteiger partial charge in [0.15, 0.2) is 0 Å². The van der Waals surface area contributed by atoms with Gasteiger partial charge in [-0.25, -0.2) is 0 Å². The Hall–Kier alpha value is -0.120. The Bertz CT molecular complexity index is 287. The van der Waals surface area contributed by atoms with Gasteiger partial charge in [-0.2, -0.15) is 0 Å². The molecule has 0 spiro atoms. The molecule has 154 valence electrons. The molecule has 0 aromatic heterocycles. The SMILES string of the molecule is NCCCNCCCNC(CCC1CCCCC1)CCC1CCCCC1. The van der Waals surface area contributed by atoms with E-state index >= 15 is 0 Å². The summed E-state index contributed by atoms with van der Waals surface area (Å²) >= 11 is 0. The summed E-state index contributed by atoms with van der Waals surface area (Å²) in [6.45, 7) is 4.18. The third-order valence-electron chi connectivity index (χ3n) is 6.82. The maximum atomic E-state index is 5.55. The van der Waals surface area contributed by atoms with E-state index in [0.29, 0.717) is 0 Å². The Labute approximate surface area is 163 Å². The summed E-state index contributed by atoms with van der Waals surface area (Å²) in [5.74, 6) is 2.06. The van der Waals surface area contributed by atoms with Gasteiger partial charge >= 0.3 is 0 Å². The van der Waals surface area contributed by atoms with E-state index < -0.39 is 0 Å². The van der Waals surface area contributed by atoms with Crippen LogP contribution in [0.2, 0.25) is 0 Å². The zero-order valence-corrected chi connectivity index (χ0v) is 17.5. The number of nitrogens with two attached hydrogens (primary N) is 1. The first-order valence-electron chi connectivity index (χ1n) is 12.0. The second-order valence-corrected chi connectivity index (χ2v) is 9.06. The maximum absolute atomic E-state index is 5.55. The summed E-state index contributed by atoms with van der Waals surface area (Å²) in [4.78, 5) is 0. The minimum atomic E-state index is 0.767. The van der Waals surface area contributed by atoms with Crippen molar-refractivity contribution >= 4 is 0 Å². The van der Waals surface area contributed by atoms with E-state index in [2.05, 4.69) is 10.6 Å². The van der Waals surface area contributed by atoms with Gasteiger partial charge in [-0.05, 0) is 76.5 Å². The van der Waals surface area contributed by atoms with Crippen molar-refractivity contribution in [1.29, 1.82) is 0 Å². The number of nitrogens with one attached hydrogen (secondary N) is 2. The van der Waals surface area contributed by atoms with Crippen LogP contribution in [0.4, 0.5) is 0 Å². The van der Waals surface area contributed by atoms with Gasteiger partial charge in [-0.1, -0.05) is 64.2 Å². The molecule has 0 unspecified atom stereocenters. The van der Waals surface area contributed by atoms with Gasteiger partial charge in [0.2, 0.25) is 0 Å². The topological polar surface area (TPSA) is 50.1 Å². The third kappa shape index (κ3) is 10.3. The van der Waals surface area contributed by atoms with Crippen LogP contribution in [0.25, 0.3) is 0 Å². The van der Waals surface area contributed by atoms with Crippen LogP contribution in [0.5, 0.6) is 0 Å². The highest BCUT2D eigenvalue weighted by atomic mass is 14.9. The van der Waals surface area contributed by atoms with Crippen molar-refractivity contribution in [2.45, 2.75) is 109 Å². The van der Waals surface area contributed by atoms with Crippen molar-refractivity contribution < 1.29 is 0 Å². The first-order chi connectivity index (χ1) is 12.9. The smallest absolute Gasteiger partial charge is 0.00672 e. The molecular formula is C23H47N3. The van der Waals surface area contributed by atoms with Crippen LogP contribution >= 0.6 is 0 Å². The van der Waals surface area contributed by atoms with Crippen LogP contribution in [0.3, 0.4) is 0 Å². The predicted molar refractivity (Wildman–Crippen MR) is 115 cm³/mol. The number of rotatable bonds is 14. The van der Waals surface area contributed by atoms with Gasteiger partial charge in [-0.3, -0.25) is 0 Å². The van der Waals surface area contributed by atoms with Crippen molar-refractivity contribution in [3.8, 4) is 0 Å². The molecule has 4 N–H and O–H groups in total. The molecule has 26 heavy (non-hydrogen) atoms. The van der Waals surface area contributed by atoms with Gasteiger partial charge in [0, 0.05) is 6.04 Å². The lowest BCUT2D eigenvalue weighted by Crippen LogP contribution is -2.33. The monoisotopic (exact) mass is 365 g/mol. The molecule has 0 amide bonds. The van der Waals surface area contributed by atoms with E-state index in [9.17, 15) is 0 Å². The molecule has 0 aliphatic heterocycles. The first-order valence-corrected chi connectivity index (χ1v) is 12.0. The molecule has 0 aromatic carbocycles. The van der Waals surface area contributed by atoms with E-state index in [4.69, 9.17) is 5.73 Å². The summed E-state index contributed by atoms with van der Waals surface area (Å²) in [6.07, 6.45) is 23.0. The largest absolute Gasteiger partial charge is 0.330 e. The molecular weight excluding hydrogens is 318 g/mol. The predicted octanol–water partition coefficient (Wildman–Crippen LogP) is 4.99. The molecule has 0 radical (unpaired) electrons. The zero-order chi connectivity index (χ0) is 18.3. The lowest BCUT2D eigenvalue weighted by molar-refractivity contribution is 0.283. The van der Waals surface area contributed by atoms with Crippen LogP contribution < -0.4 is 16.4 Å². The van der Waals surface area contributed by atoms with Gasteiger partial charge < -0.3 is 16.4 Å². The Morgan fingerprint density at radius 3 is 1.77 bits per heavy atom. The molecule has 2 aliphatic rings. The second-order valence-electron chi connectivity index (χ2n) is 9.06. The highest BCUT2D eigenvalue weighted by molar-refractivity contribution is 4.75. The molecule has 2 fully saturated rings. The molecule has 2 rings (SSSR count). The molecule has 0 heterocycles. The summed E-state index contributed by atoms with van der Waals surface area (Å²) in [5.41, 5.74) is 5.55. The Kier molecular flexibility index (Phi) is 12.7. The van der Waals surface area contributed by atoms with Crippen molar-refractivity contribution in [1.82, 2.24) is 10.6 Å². The minimum absolute atomic E-state index is 0.767. The van der Waals surface area contributed by atoms with Crippen molar-refractivity contribution in [3.63, 3.8) is 0 Å². The van der Waals surface area contributed by atoms with Crippen molar-refractivity contribution in [2.75, 3.05) is 26.2 Å². The Morgan fingerprint density at radius 2 is 1.23 bits per heavy atom. The van der Waals surface area contributed by atoms with Crippen LogP contribution in [-0.4, -0.2) is 32.2 Å². The number of hydrogen-bond acceptors (Lipinski definition) is 3. The average Bonchev–Trinajstić information content (AvgIpc) is 2.70. The van der Waals surface area contributed by atoms with Crippen LogP contribution in [0, 0.1) is 11.8 Å². The highest BCUT2D eigenvalue weighted by Crippen LogP contribution is 2.30. The molecule has 3 nitrogen and oxygen atoms in total. The molecule has 3 heteroatoms. The molecule has 2 aliphatic carbocycles. The molecule has 0 bridgehead atoms. The van der Waals surface area contributed by atoms with Gasteiger partial charge in [0.25, 0.3) is 0 Å². The van der Waals surface area contributed by atoms with Crippen LogP contribution in [-0.2, 0) is 0 Å².